The lowest BCUT2D eigenvalue weighted by molar-refractivity contribution is -0.143. The molecule has 0 aliphatic heterocycles. The molecule has 176 valence electrons. The van der Waals surface area contributed by atoms with Gasteiger partial charge in [0.15, 0.2) is 0 Å². The fourth-order valence-corrected chi connectivity index (χ4v) is 2.35. The molecular weight excluding hydrogens is 438 g/mol. The average Bonchev–Trinajstić information content (AvgIpc) is 2.70. The van der Waals surface area contributed by atoms with Gasteiger partial charge in [0.2, 0.25) is 23.6 Å². The molecule has 0 rings (SSSR count). The van der Waals surface area contributed by atoms with Gasteiger partial charge in [-0.15, -0.1) is 0 Å². The van der Waals surface area contributed by atoms with Crippen LogP contribution in [-0.2, 0) is 28.8 Å². The summed E-state index contributed by atoms with van der Waals surface area (Å²) in [5.74, 6) is -6.45. The molecule has 0 spiro atoms. The first-order valence-corrected chi connectivity index (χ1v) is 9.67. The number of rotatable bonds is 15. The Hall–Kier alpha value is -2.91. The van der Waals surface area contributed by atoms with E-state index in [9.17, 15) is 33.9 Å². The lowest BCUT2D eigenvalue weighted by Crippen LogP contribution is -2.58. The molecule has 0 heterocycles. The van der Waals surface area contributed by atoms with Gasteiger partial charge in [-0.25, -0.2) is 4.79 Å². The zero-order valence-electron chi connectivity index (χ0n) is 16.4. The van der Waals surface area contributed by atoms with Gasteiger partial charge < -0.3 is 42.7 Å². The maximum absolute atomic E-state index is 12.5. The largest absolute Gasteiger partial charge is 0.481 e. The summed E-state index contributed by atoms with van der Waals surface area (Å²) < 4.78 is 0. The van der Waals surface area contributed by atoms with Crippen molar-refractivity contribution < 1.29 is 44.1 Å². The molecule has 0 bridgehead atoms. The number of carbonyl (C=O) groups excluding carboxylic acids is 4. The minimum absolute atomic E-state index is 0.0395. The van der Waals surface area contributed by atoms with Crippen molar-refractivity contribution in [3.63, 3.8) is 0 Å². The molecule has 0 radical (unpaired) electrons. The third-order valence-electron chi connectivity index (χ3n) is 3.92. The van der Waals surface area contributed by atoms with E-state index in [0.29, 0.717) is 0 Å². The first-order chi connectivity index (χ1) is 14.4. The molecule has 4 unspecified atom stereocenters. The third-order valence-corrected chi connectivity index (χ3v) is 4.32. The van der Waals surface area contributed by atoms with E-state index in [0.717, 1.165) is 0 Å². The number of nitrogens with two attached hydrogens (primary N) is 2. The first-order valence-electron chi connectivity index (χ1n) is 9.04. The van der Waals surface area contributed by atoms with Gasteiger partial charge in [0.25, 0.3) is 0 Å². The lowest BCUT2D eigenvalue weighted by atomic mass is 10.1. The molecule has 0 saturated carbocycles. The van der Waals surface area contributed by atoms with Crippen LogP contribution in [0.5, 0.6) is 0 Å². The second kappa shape index (κ2) is 14.2. The summed E-state index contributed by atoms with van der Waals surface area (Å²) in [6, 6.07) is -5.59. The minimum atomic E-state index is -1.57. The summed E-state index contributed by atoms with van der Waals surface area (Å²) in [6.07, 6.45) is -1.64. The second-order valence-electron chi connectivity index (χ2n) is 6.43. The fourth-order valence-electron chi connectivity index (χ4n) is 2.18. The number of nitrogens with one attached hydrogen (secondary N) is 3. The molecule has 4 atom stereocenters. The number of carboxylic acid groups (broad SMARTS) is 2. The van der Waals surface area contributed by atoms with Gasteiger partial charge in [0.05, 0.1) is 12.6 Å². The molecular formula is C16H27N5O9S. The third kappa shape index (κ3) is 11.2. The molecule has 10 N–H and O–H groups in total. The van der Waals surface area contributed by atoms with E-state index in [4.69, 9.17) is 21.7 Å². The number of hydrogen-bond acceptors (Lipinski definition) is 9. The summed E-state index contributed by atoms with van der Waals surface area (Å²) in [4.78, 5) is 69.6. The number of aliphatic hydroxyl groups is 1. The van der Waals surface area contributed by atoms with Crippen LogP contribution in [0.2, 0.25) is 0 Å². The Balaban J connectivity index is 5.33. The van der Waals surface area contributed by atoms with Gasteiger partial charge in [0.1, 0.15) is 18.1 Å². The Kier molecular flexibility index (Phi) is 12.8. The molecule has 0 saturated heterocycles. The van der Waals surface area contributed by atoms with Crippen molar-refractivity contribution in [1.82, 2.24) is 16.0 Å². The first kappa shape index (κ1) is 28.1. The fraction of sp³-hybridized carbons (Fsp3) is 0.625. The van der Waals surface area contributed by atoms with Crippen molar-refractivity contribution in [1.29, 1.82) is 0 Å². The van der Waals surface area contributed by atoms with Crippen molar-refractivity contribution in [3.05, 3.63) is 0 Å². The molecule has 15 heteroatoms. The SMILES string of the molecule is NC(=O)CCC(NC(=O)C(CO)NC(=O)C(N)CS)C(=O)NC(CCC(=O)O)C(=O)O. The number of aliphatic carboxylic acids is 2. The highest BCUT2D eigenvalue weighted by molar-refractivity contribution is 7.80. The van der Waals surface area contributed by atoms with Gasteiger partial charge in [-0.3, -0.25) is 24.0 Å². The standard InChI is InChI=1S/C16H27N5O9S/c17-7(6-31)13(26)21-10(5-22)15(28)19-8(1-3-11(18)23)14(27)20-9(16(29)30)2-4-12(24)25/h7-10,22,31H,1-6,17H2,(H2,18,23)(H,19,28)(H,20,27)(H,21,26)(H,24,25)(H,29,30). The van der Waals surface area contributed by atoms with Crippen LogP contribution in [0.25, 0.3) is 0 Å². The van der Waals surface area contributed by atoms with Gasteiger partial charge >= 0.3 is 11.9 Å². The number of carbonyl (C=O) groups is 6. The Morgan fingerprint density at radius 1 is 0.806 bits per heavy atom. The summed E-state index contributed by atoms with van der Waals surface area (Å²) >= 11 is 3.84. The summed E-state index contributed by atoms with van der Waals surface area (Å²) in [5.41, 5.74) is 10.5. The summed E-state index contributed by atoms with van der Waals surface area (Å²) in [6.45, 7) is -0.850. The smallest absolute Gasteiger partial charge is 0.326 e. The summed E-state index contributed by atoms with van der Waals surface area (Å²) in [5, 5.41) is 33.6. The molecule has 0 aliphatic rings. The molecule has 31 heavy (non-hydrogen) atoms. The topological polar surface area (TPSA) is 251 Å². The Morgan fingerprint density at radius 3 is 1.74 bits per heavy atom. The van der Waals surface area contributed by atoms with Crippen LogP contribution in [-0.4, -0.2) is 87.4 Å². The number of primary amides is 1. The normalized spacial score (nSPS) is 14.4. The van der Waals surface area contributed by atoms with Crippen molar-refractivity contribution in [2.45, 2.75) is 49.9 Å². The molecule has 14 nitrogen and oxygen atoms in total. The quantitative estimate of drug-likeness (QED) is 0.106. The molecule has 0 aromatic carbocycles. The minimum Gasteiger partial charge on any atom is -0.481 e. The highest BCUT2D eigenvalue weighted by Gasteiger charge is 2.30. The maximum atomic E-state index is 12.5. The molecule has 0 aromatic rings. The number of carboxylic acids is 2. The number of aliphatic hydroxyl groups excluding tert-OH is 1. The van der Waals surface area contributed by atoms with Crippen LogP contribution in [0.3, 0.4) is 0 Å². The number of thiol groups is 1. The van der Waals surface area contributed by atoms with Gasteiger partial charge in [-0.05, 0) is 12.8 Å². The highest BCUT2D eigenvalue weighted by Crippen LogP contribution is 2.03. The van der Waals surface area contributed by atoms with E-state index in [1.54, 1.807) is 0 Å². The number of amides is 4. The van der Waals surface area contributed by atoms with Crippen LogP contribution in [0.15, 0.2) is 0 Å². The maximum Gasteiger partial charge on any atom is 0.326 e. The van der Waals surface area contributed by atoms with Gasteiger partial charge in [0, 0.05) is 18.6 Å². The van der Waals surface area contributed by atoms with Crippen molar-refractivity contribution in [2.75, 3.05) is 12.4 Å². The molecule has 0 fully saturated rings. The van der Waals surface area contributed by atoms with E-state index in [-0.39, 0.29) is 18.6 Å². The van der Waals surface area contributed by atoms with Crippen LogP contribution >= 0.6 is 12.6 Å². The van der Waals surface area contributed by atoms with Crippen molar-refractivity contribution >= 4 is 48.2 Å². The average molecular weight is 465 g/mol. The van der Waals surface area contributed by atoms with Crippen molar-refractivity contribution in [3.8, 4) is 0 Å². The zero-order chi connectivity index (χ0) is 24.1. The predicted molar refractivity (Wildman–Crippen MR) is 108 cm³/mol. The van der Waals surface area contributed by atoms with E-state index in [1.165, 1.54) is 0 Å². The highest BCUT2D eigenvalue weighted by atomic mass is 32.1. The molecule has 4 amide bonds. The molecule has 0 aliphatic carbocycles. The van der Waals surface area contributed by atoms with Crippen LogP contribution in [0.1, 0.15) is 25.7 Å². The van der Waals surface area contributed by atoms with Gasteiger partial charge in [-0.2, -0.15) is 12.6 Å². The van der Waals surface area contributed by atoms with E-state index < -0.39 is 79.2 Å². The Labute approximate surface area is 182 Å². The molecule has 0 aromatic heterocycles. The Morgan fingerprint density at radius 2 is 1.29 bits per heavy atom. The monoisotopic (exact) mass is 465 g/mol. The Bertz CT molecular complexity index is 690. The van der Waals surface area contributed by atoms with Crippen LogP contribution < -0.4 is 27.4 Å². The van der Waals surface area contributed by atoms with Crippen LogP contribution in [0, 0.1) is 0 Å². The zero-order valence-corrected chi connectivity index (χ0v) is 17.3. The van der Waals surface area contributed by atoms with Crippen LogP contribution in [0.4, 0.5) is 0 Å². The van der Waals surface area contributed by atoms with E-state index in [1.807, 2.05) is 0 Å². The summed E-state index contributed by atoms with van der Waals surface area (Å²) in [7, 11) is 0. The lowest BCUT2D eigenvalue weighted by Gasteiger charge is -2.24. The number of hydrogen-bond donors (Lipinski definition) is 9. The van der Waals surface area contributed by atoms with Crippen molar-refractivity contribution in [2.24, 2.45) is 11.5 Å². The predicted octanol–water partition coefficient (Wildman–Crippen LogP) is -4.09. The van der Waals surface area contributed by atoms with Gasteiger partial charge in [-0.1, -0.05) is 0 Å². The second-order valence-corrected chi connectivity index (χ2v) is 6.80. The van der Waals surface area contributed by atoms with E-state index >= 15 is 0 Å². The van der Waals surface area contributed by atoms with E-state index in [2.05, 4.69) is 28.6 Å².